The number of ether oxygens (including phenoxy) is 2. The Morgan fingerprint density at radius 2 is 1.83 bits per heavy atom. The van der Waals surface area contributed by atoms with Gasteiger partial charge in [0, 0.05) is 10.6 Å². The van der Waals surface area contributed by atoms with Gasteiger partial charge in [-0.15, -0.1) is 0 Å². The summed E-state index contributed by atoms with van der Waals surface area (Å²) < 4.78 is 11.2. The Kier molecular flexibility index (Phi) is 7.57. The van der Waals surface area contributed by atoms with Gasteiger partial charge in [-0.1, -0.05) is 46.9 Å². The average Bonchev–Trinajstić information content (AvgIpc) is 2.74. The first-order chi connectivity index (χ1) is 14.5. The molecule has 0 unspecified atom stereocenters. The Labute approximate surface area is 189 Å². The summed E-state index contributed by atoms with van der Waals surface area (Å²) in [7, 11) is 1.55. The topological polar surface area (TPSA) is 59.9 Å². The van der Waals surface area contributed by atoms with Crippen LogP contribution in [-0.2, 0) is 6.61 Å². The van der Waals surface area contributed by atoms with Crippen LogP contribution in [0.1, 0.15) is 21.5 Å². The van der Waals surface area contributed by atoms with E-state index < -0.39 is 5.91 Å². The van der Waals surface area contributed by atoms with Gasteiger partial charge in [0.2, 0.25) is 0 Å². The van der Waals surface area contributed by atoms with E-state index in [9.17, 15) is 4.79 Å². The molecule has 0 fully saturated rings. The third kappa shape index (κ3) is 5.89. The highest BCUT2D eigenvalue weighted by atomic mass is 35.5. The molecule has 0 bridgehead atoms. The van der Waals surface area contributed by atoms with E-state index in [0.717, 1.165) is 11.1 Å². The Hall–Kier alpha value is -2.73. The fourth-order valence-electron chi connectivity index (χ4n) is 2.54. The average molecular weight is 464 g/mol. The molecule has 0 aliphatic rings. The normalized spacial score (nSPS) is 10.8. The first-order valence-corrected chi connectivity index (χ1v) is 9.93. The predicted molar refractivity (Wildman–Crippen MR) is 120 cm³/mol. The van der Waals surface area contributed by atoms with Gasteiger partial charge in [-0.25, -0.2) is 5.43 Å². The van der Waals surface area contributed by atoms with E-state index in [2.05, 4.69) is 10.5 Å². The van der Waals surface area contributed by atoms with Crippen molar-refractivity contribution in [2.75, 3.05) is 7.11 Å². The van der Waals surface area contributed by atoms with Gasteiger partial charge in [-0.05, 0) is 59.7 Å². The minimum Gasteiger partial charge on any atom is -0.493 e. The maximum Gasteiger partial charge on any atom is 0.271 e. The van der Waals surface area contributed by atoms with Crippen molar-refractivity contribution in [3.8, 4) is 11.5 Å². The number of halogens is 3. The lowest BCUT2D eigenvalue weighted by molar-refractivity contribution is 0.0955. The third-order valence-corrected chi connectivity index (χ3v) is 5.01. The minimum absolute atomic E-state index is 0.298. The van der Waals surface area contributed by atoms with E-state index in [4.69, 9.17) is 44.3 Å². The second-order valence-electron chi connectivity index (χ2n) is 6.16. The van der Waals surface area contributed by atoms with Gasteiger partial charge in [0.1, 0.15) is 6.61 Å². The van der Waals surface area contributed by atoms with Gasteiger partial charge in [0.05, 0.1) is 23.4 Å². The minimum atomic E-state index is -0.404. The standard InChI is InChI=1S/C22H17Cl3N2O3/c1-29-21-10-14(5-8-20(21)30-13-15-3-2-4-17(23)9-15)12-26-27-22(28)16-6-7-18(24)19(25)11-16/h2-12H,13H2,1H3,(H,27,28)/b26-12-. The zero-order valence-electron chi connectivity index (χ0n) is 15.9. The molecule has 0 heterocycles. The quantitative estimate of drug-likeness (QED) is 0.345. The summed E-state index contributed by atoms with van der Waals surface area (Å²) in [6, 6.07) is 17.3. The first-order valence-electron chi connectivity index (χ1n) is 8.80. The van der Waals surface area contributed by atoms with Gasteiger partial charge in [0.15, 0.2) is 11.5 Å². The van der Waals surface area contributed by atoms with Crippen molar-refractivity contribution in [1.29, 1.82) is 0 Å². The fraction of sp³-hybridized carbons (Fsp3) is 0.0909. The zero-order valence-corrected chi connectivity index (χ0v) is 18.1. The van der Waals surface area contributed by atoms with E-state index in [-0.39, 0.29) is 0 Å². The monoisotopic (exact) mass is 462 g/mol. The van der Waals surface area contributed by atoms with E-state index in [0.29, 0.717) is 38.7 Å². The van der Waals surface area contributed by atoms with Crippen LogP contribution in [-0.4, -0.2) is 19.2 Å². The van der Waals surface area contributed by atoms with E-state index >= 15 is 0 Å². The molecule has 0 aromatic heterocycles. The smallest absolute Gasteiger partial charge is 0.271 e. The molecule has 0 spiro atoms. The van der Waals surface area contributed by atoms with Gasteiger partial charge < -0.3 is 9.47 Å². The van der Waals surface area contributed by atoms with Gasteiger partial charge in [-0.2, -0.15) is 5.10 Å². The summed E-state index contributed by atoms with van der Waals surface area (Å²) in [6.07, 6.45) is 1.50. The molecule has 0 radical (unpaired) electrons. The van der Waals surface area contributed by atoms with Crippen LogP contribution in [0.25, 0.3) is 0 Å². The molecule has 1 N–H and O–H groups in total. The number of amides is 1. The third-order valence-electron chi connectivity index (χ3n) is 4.03. The largest absolute Gasteiger partial charge is 0.493 e. The van der Waals surface area contributed by atoms with Gasteiger partial charge >= 0.3 is 0 Å². The highest BCUT2D eigenvalue weighted by Crippen LogP contribution is 2.28. The SMILES string of the molecule is COc1cc(/C=N\NC(=O)c2ccc(Cl)c(Cl)c2)ccc1OCc1cccc(Cl)c1. The van der Waals surface area contributed by atoms with Gasteiger partial charge in [-0.3, -0.25) is 4.79 Å². The zero-order chi connectivity index (χ0) is 21.5. The Balaban J connectivity index is 1.63. The Morgan fingerprint density at radius 3 is 2.57 bits per heavy atom. The van der Waals surface area contributed by atoms with Crippen LogP contribution in [0, 0.1) is 0 Å². The molecular formula is C22H17Cl3N2O3. The molecule has 0 atom stereocenters. The summed E-state index contributed by atoms with van der Waals surface area (Å²) in [4.78, 5) is 12.1. The van der Waals surface area contributed by atoms with Crippen LogP contribution < -0.4 is 14.9 Å². The number of hydrogen-bond acceptors (Lipinski definition) is 4. The maximum atomic E-state index is 12.1. The van der Waals surface area contributed by atoms with Crippen molar-refractivity contribution in [2.45, 2.75) is 6.61 Å². The van der Waals surface area contributed by atoms with Crippen LogP contribution in [0.15, 0.2) is 65.8 Å². The van der Waals surface area contributed by atoms with E-state index in [1.807, 2.05) is 18.2 Å². The van der Waals surface area contributed by atoms with Crippen LogP contribution in [0.2, 0.25) is 15.1 Å². The van der Waals surface area contributed by atoms with Crippen LogP contribution in [0.4, 0.5) is 0 Å². The highest BCUT2D eigenvalue weighted by molar-refractivity contribution is 6.42. The van der Waals surface area contributed by atoms with Gasteiger partial charge in [0.25, 0.3) is 5.91 Å². The highest BCUT2D eigenvalue weighted by Gasteiger charge is 2.08. The molecule has 0 aliphatic heterocycles. The molecule has 3 rings (SSSR count). The predicted octanol–water partition coefficient (Wildman–Crippen LogP) is 6.00. The molecule has 0 aliphatic carbocycles. The molecule has 3 aromatic rings. The van der Waals surface area contributed by atoms with Crippen LogP contribution in [0.5, 0.6) is 11.5 Å². The van der Waals surface area contributed by atoms with Crippen molar-refractivity contribution < 1.29 is 14.3 Å². The number of hydrazone groups is 1. The summed E-state index contributed by atoms with van der Waals surface area (Å²) in [5.74, 6) is 0.713. The summed E-state index contributed by atoms with van der Waals surface area (Å²) in [6.45, 7) is 0.351. The van der Waals surface area contributed by atoms with Crippen molar-refractivity contribution in [3.63, 3.8) is 0 Å². The number of hydrogen-bond donors (Lipinski definition) is 1. The number of carbonyl (C=O) groups excluding carboxylic acids is 1. The number of rotatable bonds is 7. The lowest BCUT2D eigenvalue weighted by atomic mass is 10.2. The lowest BCUT2D eigenvalue weighted by Gasteiger charge is -2.11. The van der Waals surface area contributed by atoms with Crippen molar-refractivity contribution in [1.82, 2.24) is 5.43 Å². The molecule has 1 amide bonds. The molecule has 8 heteroatoms. The molecule has 0 saturated heterocycles. The van der Waals surface area contributed by atoms with E-state index in [1.54, 1.807) is 43.5 Å². The van der Waals surface area contributed by atoms with Crippen molar-refractivity contribution in [3.05, 3.63) is 92.4 Å². The summed E-state index contributed by atoms with van der Waals surface area (Å²) in [5, 5.41) is 5.29. The second kappa shape index (κ2) is 10.3. The number of nitrogens with one attached hydrogen (secondary N) is 1. The number of methoxy groups -OCH3 is 1. The molecule has 5 nitrogen and oxygen atoms in total. The molecule has 3 aromatic carbocycles. The van der Waals surface area contributed by atoms with E-state index in [1.165, 1.54) is 12.3 Å². The summed E-state index contributed by atoms with van der Waals surface area (Å²) >= 11 is 17.8. The summed E-state index contributed by atoms with van der Waals surface area (Å²) in [5.41, 5.74) is 4.46. The Bertz CT molecular complexity index is 1090. The molecule has 0 saturated carbocycles. The molecular weight excluding hydrogens is 447 g/mol. The van der Waals surface area contributed by atoms with Crippen LogP contribution in [0.3, 0.4) is 0 Å². The second-order valence-corrected chi connectivity index (χ2v) is 7.41. The Morgan fingerprint density at radius 1 is 1.00 bits per heavy atom. The van der Waals surface area contributed by atoms with Crippen molar-refractivity contribution in [2.24, 2.45) is 5.10 Å². The fourth-order valence-corrected chi connectivity index (χ4v) is 3.05. The number of nitrogens with zero attached hydrogens (tertiary/aromatic N) is 1. The van der Waals surface area contributed by atoms with Crippen molar-refractivity contribution >= 4 is 46.9 Å². The lowest BCUT2D eigenvalue weighted by Crippen LogP contribution is -2.17. The van der Waals surface area contributed by atoms with Crippen LogP contribution >= 0.6 is 34.8 Å². The number of benzene rings is 3. The molecule has 154 valence electrons. The molecule has 30 heavy (non-hydrogen) atoms. The first kappa shape index (κ1) is 22.0. The number of carbonyl (C=O) groups is 1. The maximum absolute atomic E-state index is 12.1.